The average molecular weight is 392 g/mol. The van der Waals surface area contributed by atoms with Crippen molar-refractivity contribution in [3.63, 3.8) is 0 Å². The molecule has 1 aromatic rings. The highest BCUT2D eigenvalue weighted by atomic mass is 19.1. The van der Waals surface area contributed by atoms with Crippen LogP contribution in [0.15, 0.2) is 18.2 Å². The summed E-state index contributed by atoms with van der Waals surface area (Å²) < 4.78 is 19.9. The van der Waals surface area contributed by atoms with Crippen LogP contribution in [0, 0.1) is 6.07 Å². The van der Waals surface area contributed by atoms with Gasteiger partial charge in [0.15, 0.2) is 0 Å². The van der Waals surface area contributed by atoms with Gasteiger partial charge in [-0.05, 0) is 37.0 Å². The zero-order chi connectivity index (χ0) is 20.3. The first-order valence-electron chi connectivity index (χ1n) is 12.0. The smallest absolute Gasteiger partial charge is 0.123 e. The fraction of sp³-hybridized carbons (Fsp3) is 0.769. The Kier molecular flexibility index (Phi) is 16.1. The van der Waals surface area contributed by atoms with Gasteiger partial charge in [0.1, 0.15) is 11.9 Å². The van der Waals surface area contributed by atoms with Gasteiger partial charge in [0.05, 0.1) is 6.61 Å². The van der Waals surface area contributed by atoms with E-state index < -0.39 is 6.17 Å². The largest absolute Gasteiger partial charge is 0.493 e. The van der Waals surface area contributed by atoms with Crippen LogP contribution in [-0.4, -0.2) is 12.8 Å². The first kappa shape index (κ1) is 25.0. The maximum atomic E-state index is 14.0. The minimum Gasteiger partial charge on any atom is -0.493 e. The van der Waals surface area contributed by atoms with Gasteiger partial charge in [0.2, 0.25) is 0 Å². The lowest BCUT2D eigenvalue weighted by atomic mass is 10.0. The summed E-state index contributed by atoms with van der Waals surface area (Å²) in [5.74, 6) is 0.903. The molecule has 0 fully saturated rings. The molecular formula is C26H44FO. The molecule has 1 aromatic carbocycles. The second kappa shape index (κ2) is 18.0. The van der Waals surface area contributed by atoms with Crippen LogP contribution in [0.3, 0.4) is 0 Å². The van der Waals surface area contributed by atoms with Gasteiger partial charge in [-0.1, -0.05) is 103 Å². The fourth-order valence-corrected chi connectivity index (χ4v) is 3.65. The van der Waals surface area contributed by atoms with Crippen molar-refractivity contribution in [3.05, 3.63) is 29.8 Å². The molecule has 0 bridgehead atoms. The van der Waals surface area contributed by atoms with Crippen LogP contribution in [0.1, 0.15) is 116 Å². The summed E-state index contributed by atoms with van der Waals surface area (Å²) in [6.07, 6.45) is 18.1. The number of hydrogen-bond donors (Lipinski definition) is 0. The normalized spacial score (nSPS) is 12.2. The summed E-state index contributed by atoms with van der Waals surface area (Å²) in [6, 6.07) is 9.09. The molecule has 1 atom stereocenters. The van der Waals surface area contributed by atoms with E-state index in [0.717, 1.165) is 25.0 Å². The highest BCUT2D eigenvalue weighted by molar-refractivity contribution is 5.32. The molecule has 0 saturated carbocycles. The zero-order valence-electron chi connectivity index (χ0n) is 18.6. The molecule has 0 aromatic heterocycles. The van der Waals surface area contributed by atoms with Crippen LogP contribution in [0.2, 0.25) is 0 Å². The third kappa shape index (κ3) is 13.2. The van der Waals surface area contributed by atoms with Gasteiger partial charge in [-0.3, -0.25) is 0 Å². The van der Waals surface area contributed by atoms with Crippen LogP contribution in [-0.2, 0) is 6.42 Å². The van der Waals surface area contributed by atoms with Crippen molar-refractivity contribution < 1.29 is 9.13 Å². The van der Waals surface area contributed by atoms with Gasteiger partial charge >= 0.3 is 0 Å². The van der Waals surface area contributed by atoms with Crippen molar-refractivity contribution in [1.82, 2.24) is 0 Å². The molecule has 0 saturated heterocycles. The lowest BCUT2D eigenvalue weighted by Crippen LogP contribution is -2.08. The highest BCUT2D eigenvalue weighted by Gasteiger charge is 2.08. The Hall–Kier alpha value is -1.05. The molecule has 0 spiro atoms. The van der Waals surface area contributed by atoms with Gasteiger partial charge in [0, 0.05) is 6.42 Å². The van der Waals surface area contributed by atoms with E-state index in [0.29, 0.717) is 19.4 Å². The second-order valence-electron chi connectivity index (χ2n) is 8.20. The molecule has 1 nitrogen and oxygen atoms in total. The van der Waals surface area contributed by atoms with E-state index in [1.807, 2.05) is 12.1 Å². The van der Waals surface area contributed by atoms with Gasteiger partial charge in [-0.25, -0.2) is 4.39 Å². The van der Waals surface area contributed by atoms with E-state index in [4.69, 9.17) is 4.74 Å². The van der Waals surface area contributed by atoms with Crippen molar-refractivity contribution in [2.45, 2.75) is 123 Å². The van der Waals surface area contributed by atoms with E-state index in [9.17, 15) is 4.39 Å². The third-order valence-corrected chi connectivity index (χ3v) is 5.52. The molecule has 28 heavy (non-hydrogen) atoms. The summed E-state index contributed by atoms with van der Waals surface area (Å²) in [5, 5.41) is 0. The molecule has 0 amide bonds. The first-order chi connectivity index (χ1) is 13.8. The van der Waals surface area contributed by atoms with Crippen LogP contribution < -0.4 is 4.74 Å². The molecule has 0 N–H and O–H groups in total. The standard InChI is InChI=1S/C26H44FO/c1-3-5-7-9-10-11-13-14-18-24-19-16-17-21-26(24)28-23-22-25(27)20-15-12-8-6-4-2/h16,19,21,25H,3-15,18,20,22-23H2,1-2H3. The maximum absolute atomic E-state index is 14.0. The van der Waals surface area contributed by atoms with E-state index in [2.05, 4.69) is 26.0 Å². The molecule has 2 heteroatoms. The third-order valence-electron chi connectivity index (χ3n) is 5.52. The van der Waals surface area contributed by atoms with Gasteiger partial charge in [-0.2, -0.15) is 0 Å². The molecular weight excluding hydrogens is 347 g/mol. The molecule has 0 aliphatic carbocycles. The number of hydrogen-bond acceptors (Lipinski definition) is 1. The van der Waals surface area contributed by atoms with Crippen LogP contribution in [0.5, 0.6) is 5.75 Å². The Morgan fingerprint density at radius 3 is 2.11 bits per heavy atom. The number of ether oxygens (including phenoxy) is 1. The van der Waals surface area contributed by atoms with Gasteiger partial charge in [-0.15, -0.1) is 0 Å². The van der Waals surface area contributed by atoms with E-state index in [-0.39, 0.29) is 0 Å². The minimum absolute atomic E-state index is 0.471. The summed E-state index contributed by atoms with van der Waals surface area (Å²) in [4.78, 5) is 0. The Morgan fingerprint density at radius 1 is 0.821 bits per heavy atom. The predicted molar refractivity (Wildman–Crippen MR) is 120 cm³/mol. The molecule has 1 unspecified atom stereocenters. The summed E-state index contributed by atoms with van der Waals surface area (Å²) in [7, 11) is 0. The Labute approximate surface area is 174 Å². The van der Waals surface area contributed by atoms with Crippen molar-refractivity contribution >= 4 is 0 Å². The number of halogens is 1. The quantitative estimate of drug-likeness (QED) is 0.214. The Balaban J connectivity index is 2.15. The lowest BCUT2D eigenvalue weighted by Gasteiger charge is -2.13. The summed E-state index contributed by atoms with van der Waals surface area (Å²) in [6.45, 7) is 4.94. The van der Waals surface area contributed by atoms with Gasteiger partial charge < -0.3 is 4.74 Å². The number of rotatable bonds is 19. The fourth-order valence-electron chi connectivity index (χ4n) is 3.65. The topological polar surface area (TPSA) is 9.23 Å². The van der Waals surface area contributed by atoms with E-state index >= 15 is 0 Å². The summed E-state index contributed by atoms with van der Waals surface area (Å²) in [5.41, 5.74) is 1.25. The second-order valence-corrected chi connectivity index (χ2v) is 8.20. The average Bonchev–Trinajstić information content (AvgIpc) is 2.71. The molecule has 0 aliphatic heterocycles. The van der Waals surface area contributed by atoms with Gasteiger partial charge in [0.25, 0.3) is 0 Å². The Morgan fingerprint density at radius 2 is 1.43 bits per heavy atom. The van der Waals surface area contributed by atoms with E-state index in [1.165, 1.54) is 76.2 Å². The molecule has 161 valence electrons. The van der Waals surface area contributed by atoms with Crippen molar-refractivity contribution in [1.29, 1.82) is 0 Å². The van der Waals surface area contributed by atoms with Crippen LogP contribution in [0.4, 0.5) is 4.39 Å². The zero-order valence-corrected chi connectivity index (χ0v) is 18.6. The monoisotopic (exact) mass is 391 g/mol. The molecule has 1 rings (SSSR count). The van der Waals surface area contributed by atoms with Crippen molar-refractivity contribution in [2.75, 3.05) is 6.61 Å². The van der Waals surface area contributed by atoms with Crippen molar-refractivity contribution in [2.24, 2.45) is 0 Å². The maximum Gasteiger partial charge on any atom is 0.123 e. The van der Waals surface area contributed by atoms with Crippen LogP contribution >= 0.6 is 0 Å². The van der Waals surface area contributed by atoms with E-state index in [1.54, 1.807) is 0 Å². The molecule has 0 aliphatic rings. The lowest BCUT2D eigenvalue weighted by molar-refractivity contribution is 0.221. The van der Waals surface area contributed by atoms with Crippen LogP contribution in [0.25, 0.3) is 0 Å². The van der Waals surface area contributed by atoms with Crippen molar-refractivity contribution in [3.8, 4) is 5.75 Å². The first-order valence-corrected chi connectivity index (χ1v) is 12.0. The Bertz CT molecular complexity index is 460. The SMILES string of the molecule is CCCCCCCCCCc1cc[c]cc1OCCC(F)CCCCCCC. The minimum atomic E-state index is -0.731. The predicted octanol–water partition coefficient (Wildman–Crippen LogP) is 8.64. The number of benzene rings is 1. The number of unbranched alkanes of at least 4 members (excludes halogenated alkanes) is 11. The molecule has 0 heterocycles. The molecule has 1 radical (unpaired) electrons. The number of alkyl halides is 1. The highest BCUT2D eigenvalue weighted by Crippen LogP contribution is 2.22. The summed E-state index contributed by atoms with van der Waals surface area (Å²) >= 11 is 0. The number of aryl methyl sites for hydroxylation is 1.